The predicted octanol–water partition coefficient (Wildman–Crippen LogP) is 1.70. The second kappa shape index (κ2) is 4.91. The second-order valence-corrected chi connectivity index (χ2v) is 6.78. The average Bonchev–Trinajstić information content (AvgIpc) is 2.29. The second-order valence-electron chi connectivity index (χ2n) is 3.62. The highest BCUT2D eigenvalue weighted by molar-refractivity contribution is 7.99. The Labute approximate surface area is 103 Å². The molecule has 17 heavy (non-hydrogen) atoms. The van der Waals surface area contributed by atoms with Gasteiger partial charge in [-0.05, 0) is 12.1 Å². The van der Waals surface area contributed by atoms with Gasteiger partial charge < -0.3 is 0 Å². The summed E-state index contributed by atoms with van der Waals surface area (Å²) in [4.78, 5) is -0.318. The van der Waals surface area contributed by atoms with E-state index in [-0.39, 0.29) is 4.90 Å². The molecule has 1 aliphatic heterocycles. The van der Waals surface area contributed by atoms with Crippen molar-refractivity contribution in [3.8, 4) is 0 Å². The molecular formula is C10H11F2NO2S2. The summed E-state index contributed by atoms with van der Waals surface area (Å²) in [6, 6.07) is 2.35. The van der Waals surface area contributed by atoms with Gasteiger partial charge in [-0.25, -0.2) is 17.2 Å². The lowest BCUT2D eigenvalue weighted by Crippen LogP contribution is -2.37. The highest BCUT2D eigenvalue weighted by Gasteiger charge is 2.26. The number of thioether (sulfide) groups is 1. The maximum Gasteiger partial charge on any atom is 0.243 e. The van der Waals surface area contributed by atoms with Gasteiger partial charge in [-0.2, -0.15) is 16.1 Å². The van der Waals surface area contributed by atoms with Crippen LogP contribution in [0.2, 0.25) is 0 Å². The first-order chi connectivity index (χ1) is 8.00. The molecule has 0 amide bonds. The standard InChI is InChI=1S/C10H11F2NO2S2/c11-8-5-9(12)7-10(6-8)17(14,15)13-1-3-16-4-2-13/h5-7H,1-4H2. The van der Waals surface area contributed by atoms with Gasteiger partial charge in [-0.1, -0.05) is 0 Å². The Hall–Kier alpha value is -0.660. The van der Waals surface area contributed by atoms with Gasteiger partial charge in [0.25, 0.3) is 0 Å². The van der Waals surface area contributed by atoms with Gasteiger partial charge in [0.1, 0.15) is 11.6 Å². The molecule has 0 saturated carbocycles. The van der Waals surface area contributed by atoms with Gasteiger partial charge in [-0.15, -0.1) is 0 Å². The molecule has 0 aromatic heterocycles. The van der Waals surface area contributed by atoms with E-state index in [9.17, 15) is 17.2 Å². The molecule has 0 atom stereocenters. The number of benzene rings is 1. The third kappa shape index (κ3) is 2.78. The quantitative estimate of drug-likeness (QED) is 0.827. The maximum absolute atomic E-state index is 13.0. The van der Waals surface area contributed by atoms with Gasteiger partial charge in [0.05, 0.1) is 4.90 Å². The number of rotatable bonds is 2. The van der Waals surface area contributed by atoms with E-state index >= 15 is 0 Å². The first kappa shape index (κ1) is 12.8. The molecule has 0 bridgehead atoms. The summed E-state index contributed by atoms with van der Waals surface area (Å²) in [6.07, 6.45) is 0. The van der Waals surface area contributed by atoms with Crippen molar-refractivity contribution in [1.82, 2.24) is 4.31 Å². The maximum atomic E-state index is 13.0. The average molecular weight is 279 g/mol. The normalized spacial score (nSPS) is 18.2. The van der Waals surface area contributed by atoms with Crippen LogP contribution in [0.5, 0.6) is 0 Å². The molecule has 0 N–H and O–H groups in total. The topological polar surface area (TPSA) is 37.4 Å². The van der Waals surface area contributed by atoms with E-state index in [2.05, 4.69) is 0 Å². The zero-order valence-corrected chi connectivity index (χ0v) is 10.5. The summed E-state index contributed by atoms with van der Waals surface area (Å²) in [6.45, 7) is 0.760. The Morgan fingerprint density at radius 3 is 2.12 bits per heavy atom. The zero-order chi connectivity index (χ0) is 12.5. The SMILES string of the molecule is O=S(=O)(c1cc(F)cc(F)c1)N1CCSCC1. The van der Waals surface area contributed by atoms with Crippen LogP contribution >= 0.6 is 11.8 Å². The Balaban J connectivity index is 2.36. The molecule has 0 radical (unpaired) electrons. The van der Waals surface area contributed by atoms with Gasteiger partial charge in [-0.3, -0.25) is 0 Å². The summed E-state index contributed by atoms with van der Waals surface area (Å²) in [5.41, 5.74) is 0. The lowest BCUT2D eigenvalue weighted by Gasteiger charge is -2.25. The molecule has 1 saturated heterocycles. The Kier molecular flexibility index (Phi) is 3.70. The van der Waals surface area contributed by atoms with Crippen LogP contribution in [0.3, 0.4) is 0 Å². The van der Waals surface area contributed by atoms with Crippen LogP contribution in [0.4, 0.5) is 8.78 Å². The lowest BCUT2D eigenvalue weighted by atomic mass is 10.3. The summed E-state index contributed by atoms with van der Waals surface area (Å²) in [5, 5.41) is 0. The largest absolute Gasteiger partial charge is 0.243 e. The van der Waals surface area contributed by atoms with Gasteiger partial charge in [0.2, 0.25) is 10.0 Å². The highest BCUT2D eigenvalue weighted by Crippen LogP contribution is 2.21. The molecule has 3 nitrogen and oxygen atoms in total. The summed E-state index contributed by atoms with van der Waals surface area (Å²) in [7, 11) is -3.77. The van der Waals surface area contributed by atoms with E-state index in [1.54, 1.807) is 11.8 Å². The minimum absolute atomic E-state index is 0.318. The molecule has 1 aromatic carbocycles. The molecule has 2 rings (SSSR count). The van der Waals surface area contributed by atoms with Crippen molar-refractivity contribution in [1.29, 1.82) is 0 Å². The summed E-state index contributed by atoms with van der Waals surface area (Å²) in [5.74, 6) is -0.349. The van der Waals surface area contributed by atoms with Crippen molar-refractivity contribution in [3.05, 3.63) is 29.8 Å². The smallest absolute Gasteiger partial charge is 0.207 e. The van der Waals surface area contributed by atoms with E-state index in [1.807, 2.05) is 0 Å². The minimum atomic E-state index is -3.77. The number of nitrogens with zero attached hydrogens (tertiary/aromatic N) is 1. The fourth-order valence-corrected chi connectivity index (χ4v) is 4.23. The van der Waals surface area contributed by atoms with Crippen molar-refractivity contribution in [3.63, 3.8) is 0 Å². The molecule has 94 valence electrons. The molecule has 1 fully saturated rings. The van der Waals surface area contributed by atoms with Crippen molar-refractivity contribution in [2.24, 2.45) is 0 Å². The monoisotopic (exact) mass is 279 g/mol. The Morgan fingerprint density at radius 2 is 1.59 bits per heavy atom. The lowest BCUT2D eigenvalue weighted by molar-refractivity contribution is 0.442. The van der Waals surface area contributed by atoms with Crippen molar-refractivity contribution >= 4 is 21.8 Å². The van der Waals surface area contributed by atoms with E-state index in [4.69, 9.17) is 0 Å². The number of hydrogen-bond donors (Lipinski definition) is 0. The zero-order valence-electron chi connectivity index (χ0n) is 8.90. The Morgan fingerprint density at radius 1 is 1.06 bits per heavy atom. The predicted molar refractivity (Wildman–Crippen MR) is 62.4 cm³/mol. The molecule has 1 aromatic rings. The minimum Gasteiger partial charge on any atom is -0.207 e. The van der Waals surface area contributed by atoms with Crippen LogP contribution in [0.25, 0.3) is 0 Å². The first-order valence-corrected chi connectivity index (χ1v) is 7.63. The molecular weight excluding hydrogens is 268 g/mol. The van der Waals surface area contributed by atoms with Crippen LogP contribution < -0.4 is 0 Å². The molecule has 7 heteroatoms. The summed E-state index contributed by atoms with van der Waals surface area (Å²) >= 11 is 1.66. The first-order valence-electron chi connectivity index (χ1n) is 5.04. The number of hydrogen-bond acceptors (Lipinski definition) is 3. The number of halogens is 2. The van der Waals surface area contributed by atoms with Crippen molar-refractivity contribution in [2.45, 2.75) is 4.90 Å². The molecule has 1 aliphatic rings. The van der Waals surface area contributed by atoms with E-state index in [0.29, 0.717) is 30.7 Å². The molecule has 1 heterocycles. The fraction of sp³-hybridized carbons (Fsp3) is 0.400. The number of sulfonamides is 1. The van der Waals surface area contributed by atoms with Crippen LogP contribution in [0.1, 0.15) is 0 Å². The molecule has 0 aliphatic carbocycles. The van der Waals surface area contributed by atoms with Gasteiger partial charge in [0, 0.05) is 30.7 Å². The van der Waals surface area contributed by atoms with Crippen LogP contribution in [0, 0.1) is 11.6 Å². The third-order valence-corrected chi connectivity index (χ3v) is 5.26. The molecule has 0 spiro atoms. The fourth-order valence-electron chi connectivity index (χ4n) is 1.61. The van der Waals surface area contributed by atoms with E-state index in [1.165, 1.54) is 4.31 Å². The van der Waals surface area contributed by atoms with Crippen LogP contribution in [-0.4, -0.2) is 37.3 Å². The summed E-state index contributed by atoms with van der Waals surface area (Å²) < 4.78 is 51.4. The van der Waals surface area contributed by atoms with Gasteiger partial charge in [0.15, 0.2) is 0 Å². The van der Waals surface area contributed by atoms with E-state index in [0.717, 1.165) is 12.1 Å². The third-order valence-electron chi connectivity index (χ3n) is 2.44. The van der Waals surface area contributed by atoms with Crippen molar-refractivity contribution in [2.75, 3.05) is 24.6 Å². The highest BCUT2D eigenvalue weighted by atomic mass is 32.2. The molecule has 0 unspecified atom stereocenters. The van der Waals surface area contributed by atoms with Crippen molar-refractivity contribution < 1.29 is 17.2 Å². The van der Waals surface area contributed by atoms with Crippen LogP contribution in [-0.2, 0) is 10.0 Å². The Bertz CT molecular complexity index is 493. The van der Waals surface area contributed by atoms with Crippen LogP contribution in [0.15, 0.2) is 23.1 Å². The van der Waals surface area contributed by atoms with Gasteiger partial charge >= 0.3 is 0 Å². The van der Waals surface area contributed by atoms with E-state index < -0.39 is 21.7 Å².